The lowest BCUT2D eigenvalue weighted by molar-refractivity contribution is 0.638. The van der Waals surface area contributed by atoms with Crippen LogP contribution in [0, 0.1) is 6.92 Å². The predicted octanol–water partition coefficient (Wildman–Crippen LogP) is 3.45. The predicted molar refractivity (Wildman–Crippen MR) is 58.0 cm³/mol. The minimum absolute atomic E-state index is 0.127. The van der Waals surface area contributed by atoms with E-state index >= 15 is 0 Å². The van der Waals surface area contributed by atoms with Gasteiger partial charge in [-0.3, -0.25) is 0 Å². The summed E-state index contributed by atoms with van der Waals surface area (Å²) >= 11 is 5.94. The third-order valence-corrected chi connectivity index (χ3v) is 2.31. The van der Waals surface area contributed by atoms with Gasteiger partial charge in [0, 0.05) is 11.1 Å². The van der Waals surface area contributed by atoms with E-state index in [2.05, 4.69) is 13.0 Å². The monoisotopic (exact) mass is 197 g/mol. The summed E-state index contributed by atoms with van der Waals surface area (Å²) in [6, 6.07) is 6.13. The summed E-state index contributed by atoms with van der Waals surface area (Å²) in [6.45, 7) is 4.17. The molecule has 2 heteroatoms. The Labute approximate surface area is 84.9 Å². The van der Waals surface area contributed by atoms with Crippen LogP contribution in [0.15, 0.2) is 18.2 Å². The van der Waals surface area contributed by atoms with Crippen LogP contribution in [0.5, 0.6) is 0 Å². The standard InChI is InChI=1S/C11H16ClN/c1-3-4-11(13)9-5-8(2)6-10(12)7-9/h5-7,11H,3-4,13H2,1-2H3/t11-/m1/s1. The van der Waals surface area contributed by atoms with Gasteiger partial charge in [-0.2, -0.15) is 0 Å². The topological polar surface area (TPSA) is 26.0 Å². The summed E-state index contributed by atoms with van der Waals surface area (Å²) in [5.74, 6) is 0. The summed E-state index contributed by atoms with van der Waals surface area (Å²) in [7, 11) is 0. The van der Waals surface area contributed by atoms with Crippen LogP contribution in [0.4, 0.5) is 0 Å². The summed E-state index contributed by atoms with van der Waals surface area (Å²) in [4.78, 5) is 0. The lowest BCUT2D eigenvalue weighted by atomic mass is 10.0. The first-order chi connectivity index (χ1) is 6.13. The van der Waals surface area contributed by atoms with Gasteiger partial charge in [-0.15, -0.1) is 0 Å². The van der Waals surface area contributed by atoms with Gasteiger partial charge in [0.25, 0.3) is 0 Å². The van der Waals surface area contributed by atoms with Gasteiger partial charge in [-0.05, 0) is 36.6 Å². The molecule has 1 aromatic rings. The average Bonchev–Trinajstić information content (AvgIpc) is 2.03. The van der Waals surface area contributed by atoms with Crippen molar-refractivity contribution >= 4 is 11.6 Å². The number of aryl methyl sites for hydroxylation is 1. The van der Waals surface area contributed by atoms with E-state index in [1.165, 1.54) is 5.56 Å². The van der Waals surface area contributed by atoms with Gasteiger partial charge >= 0.3 is 0 Å². The van der Waals surface area contributed by atoms with E-state index < -0.39 is 0 Å². The number of nitrogens with two attached hydrogens (primary N) is 1. The van der Waals surface area contributed by atoms with Crippen LogP contribution in [0.2, 0.25) is 5.02 Å². The average molecular weight is 198 g/mol. The second kappa shape index (κ2) is 4.64. The van der Waals surface area contributed by atoms with Crippen LogP contribution < -0.4 is 5.73 Å². The van der Waals surface area contributed by atoms with Crippen LogP contribution in [0.25, 0.3) is 0 Å². The van der Waals surface area contributed by atoms with Gasteiger partial charge in [-0.25, -0.2) is 0 Å². The largest absolute Gasteiger partial charge is 0.324 e. The molecule has 0 heterocycles. The van der Waals surface area contributed by atoms with Crippen molar-refractivity contribution in [1.29, 1.82) is 0 Å². The Hall–Kier alpha value is -0.530. The molecule has 0 aliphatic rings. The first kappa shape index (κ1) is 10.6. The highest BCUT2D eigenvalue weighted by Gasteiger charge is 2.05. The van der Waals surface area contributed by atoms with Gasteiger partial charge in [-0.1, -0.05) is 31.0 Å². The molecule has 1 aromatic carbocycles. The molecule has 0 unspecified atom stereocenters. The van der Waals surface area contributed by atoms with Crippen molar-refractivity contribution in [2.45, 2.75) is 32.7 Å². The highest BCUT2D eigenvalue weighted by molar-refractivity contribution is 6.30. The molecule has 0 aliphatic carbocycles. The van der Waals surface area contributed by atoms with E-state index in [0.717, 1.165) is 23.4 Å². The molecule has 1 nitrogen and oxygen atoms in total. The van der Waals surface area contributed by atoms with Gasteiger partial charge in [0.15, 0.2) is 0 Å². The second-order valence-corrected chi connectivity index (χ2v) is 3.89. The number of halogens is 1. The molecule has 1 atom stereocenters. The van der Waals surface area contributed by atoms with Crippen molar-refractivity contribution in [3.05, 3.63) is 34.3 Å². The van der Waals surface area contributed by atoms with Crippen molar-refractivity contribution in [3.8, 4) is 0 Å². The Balaban J connectivity index is 2.87. The van der Waals surface area contributed by atoms with E-state index in [0.29, 0.717) is 0 Å². The highest BCUT2D eigenvalue weighted by Crippen LogP contribution is 2.21. The van der Waals surface area contributed by atoms with E-state index in [1.807, 2.05) is 19.1 Å². The lowest BCUT2D eigenvalue weighted by Crippen LogP contribution is -2.09. The quantitative estimate of drug-likeness (QED) is 0.790. The lowest BCUT2D eigenvalue weighted by Gasteiger charge is -2.11. The third-order valence-electron chi connectivity index (χ3n) is 2.09. The summed E-state index contributed by atoms with van der Waals surface area (Å²) in [5, 5.41) is 0.779. The number of benzene rings is 1. The van der Waals surface area contributed by atoms with Crippen LogP contribution in [-0.2, 0) is 0 Å². The fourth-order valence-electron chi connectivity index (χ4n) is 1.46. The number of rotatable bonds is 3. The first-order valence-electron chi connectivity index (χ1n) is 4.66. The zero-order chi connectivity index (χ0) is 9.84. The molecule has 13 heavy (non-hydrogen) atoms. The minimum atomic E-state index is 0.127. The Kier molecular flexibility index (Phi) is 3.76. The third kappa shape index (κ3) is 3.02. The zero-order valence-corrected chi connectivity index (χ0v) is 8.93. The number of hydrogen-bond donors (Lipinski definition) is 1. The normalized spacial score (nSPS) is 12.9. The summed E-state index contributed by atoms with van der Waals surface area (Å²) in [5.41, 5.74) is 8.30. The minimum Gasteiger partial charge on any atom is -0.324 e. The second-order valence-electron chi connectivity index (χ2n) is 3.46. The van der Waals surface area contributed by atoms with Gasteiger partial charge in [0.2, 0.25) is 0 Å². The van der Waals surface area contributed by atoms with Crippen LogP contribution in [0.1, 0.15) is 36.9 Å². The van der Waals surface area contributed by atoms with Gasteiger partial charge in [0.05, 0.1) is 0 Å². The van der Waals surface area contributed by atoms with Crippen LogP contribution in [-0.4, -0.2) is 0 Å². The Morgan fingerprint density at radius 3 is 2.62 bits per heavy atom. The molecule has 72 valence electrons. The fraction of sp³-hybridized carbons (Fsp3) is 0.455. The zero-order valence-electron chi connectivity index (χ0n) is 8.18. The molecule has 0 aliphatic heterocycles. The maximum Gasteiger partial charge on any atom is 0.0411 e. The molecule has 0 bridgehead atoms. The molecule has 1 rings (SSSR count). The maximum atomic E-state index is 5.98. The van der Waals surface area contributed by atoms with Crippen molar-refractivity contribution in [1.82, 2.24) is 0 Å². The molecule has 0 aromatic heterocycles. The Morgan fingerprint density at radius 2 is 2.08 bits per heavy atom. The SMILES string of the molecule is CCC[C@@H](N)c1cc(C)cc(Cl)c1. The molecular weight excluding hydrogens is 182 g/mol. The summed E-state index contributed by atoms with van der Waals surface area (Å²) in [6.07, 6.45) is 2.12. The van der Waals surface area contributed by atoms with Crippen molar-refractivity contribution in [2.24, 2.45) is 5.73 Å². The Morgan fingerprint density at radius 1 is 1.38 bits per heavy atom. The maximum absolute atomic E-state index is 5.98. The highest BCUT2D eigenvalue weighted by atomic mass is 35.5. The molecular formula is C11H16ClN. The molecule has 0 spiro atoms. The van der Waals surface area contributed by atoms with E-state index in [-0.39, 0.29) is 6.04 Å². The van der Waals surface area contributed by atoms with Crippen LogP contribution >= 0.6 is 11.6 Å². The first-order valence-corrected chi connectivity index (χ1v) is 5.04. The van der Waals surface area contributed by atoms with E-state index in [4.69, 9.17) is 17.3 Å². The smallest absolute Gasteiger partial charge is 0.0411 e. The molecule has 0 saturated heterocycles. The van der Waals surface area contributed by atoms with Crippen molar-refractivity contribution in [3.63, 3.8) is 0 Å². The summed E-state index contributed by atoms with van der Waals surface area (Å²) < 4.78 is 0. The van der Waals surface area contributed by atoms with E-state index in [1.54, 1.807) is 0 Å². The van der Waals surface area contributed by atoms with Crippen molar-refractivity contribution < 1.29 is 0 Å². The molecule has 0 amide bonds. The van der Waals surface area contributed by atoms with Crippen LogP contribution in [0.3, 0.4) is 0 Å². The number of hydrogen-bond acceptors (Lipinski definition) is 1. The molecule has 2 N–H and O–H groups in total. The van der Waals surface area contributed by atoms with Crippen molar-refractivity contribution in [2.75, 3.05) is 0 Å². The fourth-order valence-corrected chi connectivity index (χ4v) is 1.75. The van der Waals surface area contributed by atoms with E-state index in [9.17, 15) is 0 Å². The molecule has 0 fully saturated rings. The molecule has 0 saturated carbocycles. The molecule has 0 radical (unpaired) electrons. The Bertz CT molecular complexity index is 263. The van der Waals surface area contributed by atoms with Gasteiger partial charge < -0.3 is 5.73 Å². The van der Waals surface area contributed by atoms with Gasteiger partial charge in [0.1, 0.15) is 0 Å².